The maximum absolute atomic E-state index is 12.4. The molecule has 0 fully saturated rings. The molecule has 0 bridgehead atoms. The fourth-order valence-corrected chi connectivity index (χ4v) is 2.46. The van der Waals surface area contributed by atoms with E-state index in [2.05, 4.69) is 10.3 Å². The van der Waals surface area contributed by atoms with Gasteiger partial charge in [0.25, 0.3) is 5.91 Å². The number of anilines is 2. The van der Waals surface area contributed by atoms with Gasteiger partial charge in [0, 0.05) is 17.3 Å². The number of ether oxygens (including phenoxy) is 1. The summed E-state index contributed by atoms with van der Waals surface area (Å²) < 4.78 is 5.12. The van der Waals surface area contributed by atoms with E-state index in [1.807, 2.05) is 0 Å². The fourth-order valence-electron chi connectivity index (χ4n) is 2.46. The first kappa shape index (κ1) is 18.6. The predicted octanol–water partition coefficient (Wildman–Crippen LogP) is 3.10. The Bertz CT molecular complexity index is 753. The number of hydrogen-bond donors (Lipinski definition) is 3. The molecule has 124 valence electrons. The molecule has 7 heteroatoms. The topological polar surface area (TPSA) is 97.2 Å². The van der Waals surface area contributed by atoms with Gasteiger partial charge in [-0.3, -0.25) is 9.59 Å². The number of aryl methyl sites for hydroxylation is 1. The Kier molecular flexibility index (Phi) is 5.81. The molecule has 0 aliphatic carbocycles. The summed E-state index contributed by atoms with van der Waals surface area (Å²) in [5.41, 5.74) is 8.95. The van der Waals surface area contributed by atoms with Crippen molar-refractivity contribution in [2.24, 2.45) is 0 Å². The number of amides is 1. The smallest absolute Gasteiger partial charge is 0.272 e. The third kappa shape index (κ3) is 3.65. The number of benzene rings is 1. The number of Topliss-reactive ketones (excluding diaryl/α,β-unsaturated/α-hetero) is 1. The zero-order valence-electron chi connectivity index (χ0n) is 13.4. The van der Waals surface area contributed by atoms with Gasteiger partial charge in [0.15, 0.2) is 5.78 Å². The number of nitrogens with two attached hydrogens (primary N) is 1. The van der Waals surface area contributed by atoms with Crippen molar-refractivity contribution in [2.45, 2.75) is 20.8 Å². The Morgan fingerprint density at radius 1 is 1.26 bits per heavy atom. The van der Waals surface area contributed by atoms with E-state index in [1.54, 1.807) is 32.0 Å². The van der Waals surface area contributed by atoms with E-state index in [4.69, 9.17) is 10.5 Å². The van der Waals surface area contributed by atoms with Crippen LogP contribution in [0.2, 0.25) is 0 Å². The lowest BCUT2D eigenvalue weighted by Crippen LogP contribution is -2.15. The first-order valence-electron chi connectivity index (χ1n) is 6.80. The van der Waals surface area contributed by atoms with Crippen molar-refractivity contribution in [1.82, 2.24) is 4.98 Å². The van der Waals surface area contributed by atoms with Gasteiger partial charge in [0.2, 0.25) is 0 Å². The van der Waals surface area contributed by atoms with Crippen molar-refractivity contribution in [3.05, 3.63) is 40.7 Å². The van der Waals surface area contributed by atoms with Gasteiger partial charge in [-0.1, -0.05) is 0 Å². The van der Waals surface area contributed by atoms with Gasteiger partial charge >= 0.3 is 0 Å². The number of ketones is 1. The lowest BCUT2D eigenvalue weighted by Gasteiger charge is -2.10. The highest BCUT2D eigenvalue weighted by molar-refractivity contribution is 6.08. The van der Waals surface area contributed by atoms with Gasteiger partial charge in [0.1, 0.15) is 11.4 Å². The van der Waals surface area contributed by atoms with Crippen molar-refractivity contribution in [3.63, 3.8) is 0 Å². The fraction of sp³-hybridized carbons (Fsp3) is 0.250. The number of halogens is 1. The molecule has 0 aliphatic rings. The maximum Gasteiger partial charge on any atom is 0.272 e. The second kappa shape index (κ2) is 7.19. The van der Waals surface area contributed by atoms with Gasteiger partial charge in [-0.15, -0.1) is 12.4 Å². The molecule has 2 rings (SSSR count). The number of methoxy groups -OCH3 is 1. The van der Waals surface area contributed by atoms with Crippen LogP contribution in [0.5, 0.6) is 5.75 Å². The zero-order valence-corrected chi connectivity index (χ0v) is 14.3. The number of carbonyl (C=O) groups excluding carboxylic acids is 2. The molecule has 2 aromatic rings. The Hall–Kier alpha value is -2.47. The van der Waals surface area contributed by atoms with Crippen LogP contribution in [0.3, 0.4) is 0 Å². The van der Waals surface area contributed by atoms with Crippen molar-refractivity contribution in [2.75, 3.05) is 18.2 Å². The third-order valence-electron chi connectivity index (χ3n) is 3.53. The molecule has 0 saturated carbocycles. The van der Waals surface area contributed by atoms with E-state index >= 15 is 0 Å². The number of nitrogens with one attached hydrogen (secondary N) is 2. The van der Waals surface area contributed by atoms with E-state index < -0.39 is 0 Å². The summed E-state index contributed by atoms with van der Waals surface area (Å²) in [6.07, 6.45) is 0. The summed E-state index contributed by atoms with van der Waals surface area (Å²) in [5.74, 6) is 0.160. The van der Waals surface area contributed by atoms with Crippen LogP contribution in [0.1, 0.15) is 39.0 Å². The van der Waals surface area contributed by atoms with Gasteiger partial charge in [-0.05, 0) is 38.5 Å². The summed E-state index contributed by atoms with van der Waals surface area (Å²) in [4.78, 5) is 27.0. The minimum Gasteiger partial charge on any atom is -0.497 e. The quantitative estimate of drug-likeness (QED) is 0.590. The van der Waals surface area contributed by atoms with Crippen molar-refractivity contribution < 1.29 is 14.3 Å². The van der Waals surface area contributed by atoms with Crippen LogP contribution in [-0.4, -0.2) is 23.8 Å². The van der Waals surface area contributed by atoms with Gasteiger partial charge in [0.05, 0.1) is 18.5 Å². The first-order valence-corrected chi connectivity index (χ1v) is 6.80. The molecule has 23 heavy (non-hydrogen) atoms. The number of carbonyl (C=O) groups is 2. The third-order valence-corrected chi connectivity index (χ3v) is 3.53. The monoisotopic (exact) mass is 337 g/mol. The van der Waals surface area contributed by atoms with Crippen LogP contribution in [0.25, 0.3) is 0 Å². The van der Waals surface area contributed by atoms with Gasteiger partial charge in [-0.2, -0.15) is 0 Å². The highest BCUT2D eigenvalue weighted by Crippen LogP contribution is 2.26. The normalized spacial score (nSPS) is 9.91. The zero-order chi connectivity index (χ0) is 16.4. The average molecular weight is 338 g/mol. The summed E-state index contributed by atoms with van der Waals surface area (Å²) in [6.45, 7) is 4.98. The number of nitrogen functional groups attached to an aromatic ring is 1. The van der Waals surface area contributed by atoms with Crippen LogP contribution >= 0.6 is 12.4 Å². The number of hydrogen-bond acceptors (Lipinski definition) is 4. The molecular weight excluding hydrogens is 318 g/mol. The predicted molar refractivity (Wildman–Crippen MR) is 92.9 cm³/mol. The second-order valence-electron chi connectivity index (χ2n) is 5.09. The van der Waals surface area contributed by atoms with E-state index in [0.29, 0.717) is 39.6 Å². The van der Waals surface area contributed by atoms with E-state index in [-0.39, 0.29) is 24.1 Å². The molecule has 1 heterocycles. The summed E-state index contributed by atoms with van der Waals surface area (Å²) in [5, 5.41) is 2.74. The molecule has 0 unspecified atom stereocenters. The largest absolute Gasteiger partial charge is 0.497 e. The number of H-pyrrole nitrogens is 1. The van der Waals surface area contributed by atoms with E-state index in [9.17, 15) is 9.59 Å². The molecule has 1 amide bonds. The van der Waals surface area contributed by atoms with Crippen LogP contribution in [-0.2, 0) is 0 Å². The van der Waals surface area contributed by atoms with Crippen LogP contribution in [0.4, 0.5) is 11.4 Å². The number of rotatable bonds is 4. The SMILES string of the molecule is COc1ccc(N)c(NC(=O)c2[nH]c(C)c(C(C)=O)c2C)c1.Cl. The van der Waals surface area contributed by atoms with Crippen molar-refractivity contribution in [3.8, 4) is 5.75 Å². The highest BCUT2D eigenvalue weighted by atomic mass is 35.5. The molecule has 0 saturated heterocycles. The summed E-state index contributed by atoms with van der Waals surface area (Å²) in [7, 11) is 1.54. The number of aromatic nitrogens is 1. The molecule has 0 aliphatic heterocycles. The lowest BCUT2D eigenvalue weighted by atomic mass is 10.1. The Labute approximate surface area is 140 Å². The van der Waals surface area contributed by atoms with Crippen LogP contribution in [0, 0.1) is 13.8 Å². The minimum atomic E-state index is -0.354. The van der Waals surface area contributed by atoms with Crippen LogP contribution in [0.15, 0.2) is 18.2 Å². The molecule has 0 spiro atoms. The lowest BCUT2D eigenvalue weighted by molar-refractivity contribution is 0.101. The van der Waals surface area contributed by atoms with Crippen molar-refractivity contribution in [1.29, 1.82) is 0 Å². The number of aromatic amines is 1. The second-order valence-corrected chi connectivity index (χ2v) is 5.09. The molecule has 1 aromatic heterocycles. The van der Waals surface area contributed by atoms with Gasteiger partial charge in [-0.25, -0.2) is 0 Å². The van der Waals surface area contributed by atoms with Gasteiger partial charge < -0.3 is 20.8 Å². The first-order chi connectivity index (χ1) is 10.3. The Morgan fingerprint density at radius 2 is 1.91 bits per heavy atom. The molecule has 6 nitrogen and oxygen atoms in total. The Balaban J connectivity index is 0.00000264. The van der Waals surface area contributed by atoms with E-state index in [1.165, 1.54) is 14.0 Å². The molecule has 0 radical (unpaired) electrons. The summed E-state index contributed by atoms with van der Waals surface area (Å²) >= 11 is 0. The average Bonchev–Trinajstić information content (AvgIpc) is 2.76. The summed E-state index contributed by atoms with van der Waals surface area (Å²) in [6, 6.07) is 5.01. The highest BCUT2D eigenvalue weighted by Gasteiger charge is 2.20. The van der Waals surface area contributed by atoms with Crippen LogP contribution < -0.4 is 15.8 Å². The van der Waals surface area contributed by atoms with Crippen molar-refractivity contribution >= 4 is 35.5 Å². The minimum absolute atomic E-state index is 0. The molecule has 0 atom stereocenters. The molecule has 1 aromatic carbocycles. The Morgan fingerprint density at radius 3 is 2.43 bits per heavy atom. The van der Waals surface area contributed by atoms with E-state index in [0.717, 1.165) is 0 Å². The molecular formula is C16H20ClN3O3. The molecule has 4 N–H and O–H groups in total. The maximum atomic E-state index is 12.4. The standard InChI is InChI=1S/C16H19N3O3.ClH/c1-8-14(10(3)20)9(2)18-15(8)16(21)19-13-7-11(22-4)5-6-12(13)17;/h5-7,18H,17H2,1-4H3,(H,19,21);1H.